The number of aliphatic carboxylic acids is 1. The molecule has 9 heteroatoms. The number of hydrogen-bond acceptors (Lipinski definition) is 5. The van der Waals surface area contributed by atoms with Gasteiger partial charge in [0.25, 0.3) is 11.7 Å². The van der Waals surface area contributed by atoms with Crippen molar-refractivity contribution in [3.8, 4) is 0 Å². The van der Waals surface area contributed by atoms with Crippen molar-refractivity contribution in [2.75, 3.05) is 13.1 Å². The number of carboxylic acids is 1. The molecular formula is C16H17ClN4O4. The first-order valence-electron chi connectivity index (χ1n) is 7.79. The number of aromatic nitrogens is 2. The maximum Gasteiger partial charge on any atom is 0.377 e. The van der Waals surface area contributed by atoms with Gasteiger partial charge in [-0.05, 0) is 19.9 Å². The highest BCUT2D eigenvalue weighted by Gasteiger charge is 2.30. The van der Waals surface area contributed by atoms with Gasteiger partial charge in [0, 0.05) is 31.4 Å². The van der Waals surface area contributed by atoms with E-state index in [1.165, 1.54) is 12.3 Å². The molecule has 3 heterocycles. The van der Waals surface area contributed by atoms with Crippen molar-refractivity contribution in [1.82, 2.24) is 20.2 Å². The van der Waals surface area contributed by atoms with E-state index < -0.39 is 11.8 Å². The van der Waals surface area contributed by atoms with Crippen LogP contribution in [0, 0.1) is 0 Å². The van der Waals surface area contributed by atoms with Crippen LogP contribution >= 0.6 is 11.6 Å². The number of aromatic amines is 1. The Hall–Kier alpha value is -2.45. The molecular weight excluding hydrogens is 348 g/mol. The Bertz CT molecular complexity index is 878. The quantitative estimate of drug-likeness (QED) is 0.558. The van der Waals surface area contributed by atoms with Gasteiger partial charge in [-0.2, -0.15) is 0 Å². The first-order chi connectivity index (χ1) is 11.8. The van der Waals surface area contributed by atoms with Gasteiger partial charge in [0.1, 0.15) is 11.2 Å². The minimum absolute atomic E-state index is 0.00848. The minimum Gasteiger partial charge on any atom is -0.475 e. The second kappa shape index (κ2) is 6.45. The molecule has 1 fully saturated rings. The number of piperazine rings is 1. The number of ketones is 1. The summed E-state index contributed by atoms with van der Waals surface area (Å²) in [7, 11) is 0. The van der Waals surface area contributed by atoms with Gasteiger partial charge in [-0.1, -0.05) is 11.6 Å². The molecule has 0 aliphatic carbocycles. The van der Waals surface area contributed by atoms with Crippen LogP contribution in [0.5, 0.6) is 0 Å². The van der Waals surface area contributed by atoms with Crippen LogP contribution in [-0.4, -0.2) is 62.8 Å². The lowest BCUT2D eigenvalue weighted by Gasteiger charge is -2.37. The molecule has 132 valence electrons. The van der Waals surface area contributed by atoms with Crippen molar-refractivity contribution in [3.05, 3.63) is 28.5 Å². The third-order valence-electron chi connectivity index (χ3n) is 4.27. The van der Waals surface area contributed by atoms with Crippen LogP contribution in [0.2, 0.25) is 5.02 Å². The number of nitrogens with one attached hydrogen (secondary N) is 2. The van der Waals surface area contributed by atoms with Gasteiger partial charge < -0.3 is 20.3 Å². The number of H-pyrrole nitrogens is 1. The van der Waals surface area contributed by atoms with E-state index >= 15 is 0 Å². The van der Waals surface area contributed by atoms with Gasteiger partial charge in [-0.15, -0.1) is 0 Å². The molecule has 2 aromatic heterocycles. The number of fused-ring (bicyclic) bond motifs is 1. The average molecular weight is 365 g/mol. The van der Waals surface area contributed by atoms with Gasteiger partial charge in [-0.25, -0.2) is 9.78 Å². The van der Waals surface area contributed by atoms with E-state index in [-0.39, 0.29) is 39.8 Å². The first kappa shape index (κ1) is 17.4. The molecule has 0 aromatic carbocycles. The standard InChI is InChI=1S/C16H17ClN4O4/c1-7-6-21(8(2)4-18-7)15(23)13-10(17)3-11-12(20-13)9(5-19-11)14(22)16(24)25/h3,5,7-8,18-19H,4,6H2,1-2H3,(H,24,25)/t7-,8+/m0/s1. The molecule has 0 bridgehead atoms. The molecule has 0 unspecified atom stereocenters. The van der Waals surface area contributed by atoms with Crippen LogP contribution < -0.4 is 5.32 Å². The number of halogens is 1. The number of carbonyl (C=O) groups is 3. The van der Waals surface area contributed by atoms with Crippen LogP contribution in [0.4, 0.5) is 0 Å². The molecule has 2 aromatic rings. The molecule has 8 nitrogen and oxygen atoms in total. The van der Waals surface area contributed by atoms with E-state index in [9.17, 15) is 14.4 Å². The highest BCUT2D eigenvalue weighted by atomic mass is 35.5. The zero-order chi connectivity index (χ0) is 18.3. The fourth-order valence-electron chi connectivity index (χ4n) is 2.90. The summed E-state index contributed by atoms with van der Waals surface area (Å²) in [5.74, 6) is -3.03. The third-order valence-corrected chi connectivity index (χ3v) is 4.56. The number of pyridine rings is 1. The fraction of sp³-hybridized carbons (Fsp3) is 0.375. The van der Waals surface area contributed by atoms with Crippen LogP contribution in [0.25, 0.3) is 11.0 Å². The lowest BCUT2D eigenvalue weighted by Crippen LogP contribution is -2.56. The van der Waals surface area contributed by atoms with E-state index in [0.29, 0.717) is 18.6 Å². The Morgan fingerprint density at radius 3 is 2.76 bits per heavy atom. The maximum atomic E-state index is 12.9. The first-order valence-corrected chi connectivity index (χ1v) is 8.17. The van der Waals surface area contributed by atoms with Gasteiger partial charge >= 0.3 is 5.97 Å². The molecule has 0 spiro atoms. The van der Waals surface area contributed by atoms with Gasteiger partial charge in [-0.3, -0.25) is 9.59 Å². The third kappa shape index (κ3) is 3.10. The molecule has 0 radical (unpaired) electrons. The van der Waals surface area contributed by atoms with Crippen molar-refractivity contribution in [3.63, 3.8) is 0 Å². The molecule has 1 aliphatic rings. The van der Waals surface area contributed by atoms with Crippen molar-refractivity contribution in [2.24, 2.45) is 0 Å². The minimum atomic E-state index is -1.59. The summed E-state index contributed by atoms with van der Waals surface area (Å²) in [4.78, 5) is 44.3. The predicted molar refractivity (Wildman–Crippen MR) is 91.0 cm³/mol. The lowest BCUT2D eigenvalue weighted by atomic mass is 10.1. The van der Waals surface area contributed by atoms with E-state index in [1.807, 2.05) is 13.8 Å². The summed E-state index contributed by atoms with van der Waals surface area (Å²) >= 11 is 6.21. The van der Waals surface area contributed by atoms with E-state index in [0.717, 1.165) is 0 Å². The second-order valence-electron chi connectivity index (χ2n) is 6.17. The zero-order valence-corrected chi connectivity index (χ0v) is 14.4. The molecule has 25 heavy (non-hydrogen) atoms. The number of rotatable bonds is 3. The molecule has 3 rings (SSSR count). The molecule has 3 N–H and O–H groups in total. The Balaban J connectivity index is 2.05. The SMILES string of the molecule is C[C@@H]1CN[C@@H](C)CN1C(=O)c1nc2c(C(=O)C(=O)O)c[nH]c2cc1Cl. The van der Waals surface area contributed by atoms with Crippen molar-refractivity contribution < 1.29 is 19.5 Å². The van der Waals surface area contributed by atoms with Crippen LogP contribution in [0.1, 0.15) is 34.7 Å². The largest absolute Gasteiger partial charge is 0.475 e. The van der Waals surface area contributed by atoms with Crippen LogP contribution in [0.3, 0.4) is 0 Å². The summed E-state index contributed by atoms with van der Waals surface area (Å²) in [5, 5.41) is 12.3. The van der Waals surface area contributed by atoms with Gasteiger partial charge in [0.2, 0.25) is 0 Å². The highest BCUT2D eigenvalue weighted by Crippen LogP contribution is 2.25. The highest BCUT2D eigenvalue weighted by molar-refractivity contribution is 6.42. The number of Topliss-reactive ketones (excluding diaryl/α,β-unsaturated/α-hetero) is 1. The average Bonchev–Trinajstić information content (AvgIpc) is 2.97. The lowest BCUT2D eigenvalue weighted by molar-refractivity contribution is -0.131. The summed E-state index contributed by atoms with van der Waals surface area (Å²) < 4.78 is 0. The molecule has 1 amide bonds. The molecule has 0 saturated carbocycles. The Morgan fingerprint density at radius 2 is 2.08 bits per heavy atom. The second-order valence-corrected chi connectivity index (χ2v) is 6.57. The Morgan fingerprint density at radius 1 is 1.36 bits per heavy atom. The number of carbonyl (C=O) groups excluding carboxylic acids is 2. The smallest absolute Gasteiger partial charge is 0.377 e. The van der Waals surface area contributed by atoms with Crippen molar-refractivity contribution in [2.45, 2.75) is 25.9 Å². The number of nitrogens with zero attached hydrogens (tertiary/aromatic N) is 2. The summed E-state index contributed by atoms with van der Waals surface area (Å²) in [6.07, 6.45) is 1.26. The van der Waals surface area contributed by atoms with Crippen LogP contribution in [0.15, 0.2) is 12.3 Å². The van der Waals surface area contributed by atoms with E-state index in [4.69, 9.17) is 16.7 Å². The maximum absolute atomic E-state index is 12.9. The zero-order valence-electron chi connectivity index (χ0n) is 13.7. The fourth-order valence-corrected chi connectivity index (χ4v) is 3.13. The topological polar surface area (TPSA) is 115 Å². The number of hydrogen-bond donors (Lipinski definition) is 3. The summed E-state index contributed by atoms with van der Waals surface area (Å²) in [5.41, 5.74) is 0.424. The molecule has 2 atom stereocenters. The Labute approximate surface area is 148 Å². The molecule has 1 aliphatic heterocycles. The predicted octanol–water partition coefficient (Wildman–Crippen LogP) is 1.31. The van der Waals surface area contributed by atoms with E-state index in [2.05, 4.69) is 15.3 Å². The van der Waals surface area contributed by atoms with Gasteiger partial charge in [0.15, 0.2) is 0 Å². The van der Waals surface area contributed by atoms with Gasteiger partial charge in [0.05, 0.1) is 16.1 Å². The number of carboxylic acid groups (broad SMARTS) is 1. The Kier molecular flexibility index (Phi) is 4.49. The monoisotopic (exact) mass is 364 g/mol. The van der Waals surface area contributed by atoms with E-state index in [1.54, 1.807) is 4.90 Å². The summed E-state index contributed by atoms with van der Waals surface area (Å²) in [6.45, 7) is 5.04. The van der Waals surface area contributed by atoms with Crippen LogP contribution in [-0.2, 0) is 4.79 Å². The van der Waals surface area contributed by atoms with Crippen molar-refractivity contribution in [1.29, 1.82) is 0 Å². The van der Waals surface area contributed by atoms with Crippen molar-refractivity contribution >= 4 is 40.3 Å². The summed E-state index contributed by atoms with van der Waals surface area (Å²) in [6, 6.07) is 1.58. The number of amides is 1. The molecule has 1 saturated heterocycles. The normalized spacial score (nSPS) is 20.7.